The second kappa shape index (κ2) is 3.71. The Morgan fingerprint density at radius 2 is 2.57 bits per heavy atom. The van der Waals surface area contributed by atoms with Crippen LogP contribution in [-0.4, -0.2) is 21.3 Å². The predicted octanol–water partition coefficient (Wildman–Crippen LogP) is 0.772. The summed E-state index contributed by atoms with van der Waals surface area (Å²) in [6, 6.07) is 0.172. The van der Waals surface area contributed by atoms with E-state index in [0.29, 0.717) is 6.04 Å². The number of aliphatic hydroxyl groups is 1. The van der Waals surface area contributed by atoms with Crippen LogP contribution in [0.1, 0.15) is 43.4 Å². The van der Waals surface area contributed by atoms with E-state index in [9.17, 15) is 0 Å². The summed E-state index contributed by atoms with van der Waals surface area (Å²) < 4.78 is 2.18. The molecular weight excluding hydrogens is 178 g/mol. The van der Waals surface area contributed by atoms with Crippen LogP contribution in [0.5, 0.6) is 0 Å². The molecule has 0 aromatic carbocycles. The second-order valence-electron chi connectivity index (χ2n) is 4.00. The topological polar surface area (TPSA) is 64.1 Å². The van der Waals surface area contributed by atoms with Crippen molar-refractivity contribution >= 4 is 0 Å². The number of hydrogen-bond donors (Lipinski definition) is 2. The molecular formula is C10H17N3O. The zero-order valence-electron chi connectivity index (χ0n) is 8.48. The first-order chi connectivity index (χ1) is 6.74. The molecule has 0 bridgehead atoms. The maximum Gasteiger partial charge on any atom is 0.109 e. The van der Waals surface area contributed by atoms with Gasteiger partial charge in [-0.15, -0.1) is 0 Å². The average Bonchev–Trinajstić information content (AvgIpc) is 2.62. The highest BCUT2D eigenvalue weighted by atomic mass is 16.3. The van der Waals surface area contributed by atoms with Gasteiger partial charge in [0.1, 0.15) is 5.82 Å². The SMILES string of the molecule is CC1CCCc2ncc(C(N)CO)n21. The molecule has 0 aliphatic carbocycles. The molecule has 0 fully saturated rings. The largest absolute Gasteiger partial charge is 0.394 e. The van der Waals surface area contributed by atoms with Crippen LogP contribution in [0.3, 0.4) is 0 Å². The molecule has 78 valence electrons. The van der Waals surface area contributed by atoms with E-state index in [4.69, 9.17) is 10.8 Å². The Balaban J connectivity index is 2.38. The van der Waals surface area contributed by atoms with Crippen molar-refractivity contribution in [1.82, 2.24) is 9.55 Å². The number of nitrogens with two attached hydrogens (primary N) is 1. The fourth-order valence-corrected chi connectivity index (χ4v) is 2.16. The molecule has 0 saturated heterocycles. The monoisotopic (exact) mass is 195 g/mol. The van der Waals surface area contributed by atoms with Crippen molar-refractivity contribution < 1.29 is 5.11 Å². The minimum Gasteiger partial charge on any atom is -0.394 e. The van der Waals surface area contributed by atoms with E-state index < -0.39 is 0 Å². The Hall–Kier alpha value is -0.870. The third kappa shape index (κ3) is 1.44. The van der Waals surface area contributed by atoms with Crippen molar-refractivity contribution in [3.05, 3.63) is 17.7 Å². The Kier molecular flexibility index (Phi) is 2.56. The van der Waals surface area contributed by atoms with Crippen molar-refractivity contribution in [2.45, 2.75) is 38.3 Å². The van der Waals surface area contributed by atoms with Gasteiger partial charge in [-0.2, -0.15) is 0 Å². The number of nitrogens with zero attached hydrogens (tertiary/aromatic N) is 2. The summed E-state index contributed by atoms with van der Waals surface area (Å²) in [4.78, 5) is 4.35. The Morgan fingerprint density at radius 1 is 1.79 bits per heavy atom. The molecule has 2 heterocycles. The smallest absolute Gasteiger partial charge is 0.109 e. The molecule has 3 N–H and O–H groups in total. The van der Waals surface area contributed by atoms with Crippen molar-refractivity contribution in [2.75, 3.05) is 6.61 Å². The summed E-state index contributed by atoms with van der Waals surface area (Å²) in [6.07, 6.45) is 5.21. The number of aliphatic hydroxyl groups excluding tert-OH is 1. The van der Waals surface area contributed by atoms with Gasteiger partial charge in [0, 0.05) is 12.5 Å². The molecule has 0 saturated carbocycles. The maximum atomic E-state index is 9.03. The van der Waals surface area contributed by atoms with E-state index in [0.717, 1.165) is 17.9 Å². The number of hydrogen-bond acceptors (Lipinski definition) is 3. The highest BCUT2D eigenvalue weighted by molar-refractivity contribution is 5.13. The van der Waals surface area contributed by atoms with Gasteiger partial charge >= 0.3 is 0 Å². The quantitative estimate of drug-likeness (QED) is 0.732. The summed E-state index contributed by atoms with van der Waals surface area (Å²) in [5.74, 6) is 1.11. The maximum absolute atomic E-state index is 9.03. The van der Waals surface area contributed by atoms with E-state index in [2.05, 4.69) is 16.5 Å². The second-order valence-corrected chi connectivity index (χ2v) is 4.00. The number of imidazole rings is 1. The van der Waals surface area contributed by atoms with Crippen molar-refractivity contribution in [2.24, 2.45) is 5.73 Å². The van der Waals surface area contributed by atoms with E-state index in [1.54, 1.807) is 6.20 Å². The summed E-state index contributed by atoms with van der Waals surface area (Å²) in [6.45, 7) is 2.16. The van der Waals surface area contributed by atoms with E-state index in [1.165, 1.54) is 12.8 Å². The van der Waals surface area contributed by atoms with Crippen molar-refractivity contribution in [1.29, 1.82) is 0 Å². The molecule has 1 aliphatic rings. The molecule has 2 rings (SSSR count). The van der Waals surface area contributed by atoms with Crippen LogP contribution in [0, 0.1) is 0 Å². The van der Waals surface area contributed by atoms with Gasteiger partial charge < -0.3 is 15.4 Å². The van der Waals surface area contributed by atoms with E-state index in [1.807, 2.05) is 0 Å². The first-order valence-corrected chi connectivity index (χ1v) is 5.16. The zero-order chi connectivity index (χ0) is 10.1. The first-order valence-electron chi connectivity index (χ1n) is 5.16. The lowest BCUT2D eigenvalue weighted by Gasteiger charge is -2.25. The number of aryl methyl sites for hydroxylation is 1. The van der Waals surface area contributed by atoms with Gasteiger partial charge in [0.25, 0.3) is 0 Å². The summed E-state index contributed by atoms with van der Waals surface area (Å²) in [5.41, 5.74) is 6.78. The highest BCUT2D eigenvalue weighted by Crippen LogP contribution is 2.27. The lowest BCUT2D eigenvalue weighted by atomic mass is 10.1. The molecule has 0 spiro atoms. The number of aromatic nitrogens is 2. The molecule has 4 heteroatoms. The summed E-state index contributed by atoms with van der Waals surface area (Å²) >= 11 is 0. The van der Waals surface area contributed by atoms with Gasteiger partial charge in [-0.3, -0.25) is 0 Å². The Labute approximate surface area is 83.8 Å². The average molecular weight is 195 g/mol. The van der Waals surface area contributed by atoms with Crippen LogP contribution in [0.2, 0.25) is 0 Å². The molecule has 2 atom stereocenters. The van der Waals surface area contributed by atoms with Gasteiger partial charge in [-0.05, 0) is 19.8 Å². The van der Waals surface area contributed by atoms with Crippen LogP contribution < -0.4 is 5.73 Å². The zero-order valence-corrected chi connectivity index (χ0v) is 8.48. The normalized spacial score (nSPS) is 23.2. The van der Waals surface area contributed by atoms with Crippen LogP contribution >= 0.6 is 0 Å². The minimum atomic E-state index is -0.295. The third-order valence-corrected chi connectivity index (χ3v) is 2.94. The number of rotatable bonds is 2. The molecule has 0 amide bonds. The van der Waals surface area contributed by atoms with Crippen LogP contribution in [-0.2, 0) is 6.42 Å². The summed E-state index contributed by atoms with van der Waals surface area (Å²) in [5, 5.41) is 9.03. The minimum absolute atomic E-state index is 0.0160. The van der Waals surface area contributed by atoms with Gasteiger partial charge in [0.15, 0.2) is 0 Å². The van der Waals surface area contributed by atoms with E-state index >= 15 is 0 Å². The third-order valence-electron chi connectivity index (χ3n) is 2.94. The predicted molar refractivity (Wildman–Crippen MR) is 53.9 cm³/mol. The van der Waals surface area contributed by atoms with Crippen LogP contribution in [0.4, 0.5) is 0 Å². The van der Waals surface area contributed by atoms with Gasteiger partial charge in [-0.25, -0.2) is 4.98 Å². The van der Waals surface area contributed by atoms with E-state index in [-0.39, 0.29) is 12.6 Å². The molecule has 1 aliphatic heterocycles. The number of fused-ring (bicyclic) bond motifs is 1. The molecule has 1 aromatic heterocycles. The Morgan fingerprint density at radius 3 is 3.29 bits per heavy atom. The fourth-order valence-electron chi connectivity index (χ4n) is 2.16. The molecule has 2 unspecified atom stereocenters. The molecule has 0 radical (unpaired) electrons. The van der Waals surface area contributed by atoms with Crippen molar-refractivity contribution in [3.63, 3.8) is 0 Å². The molecule has 1 aromatic rings. The lowest BCUT2D eigenvalue weighted by molar-refractivity contribution is 0.259. The highest BCUT2D eigenvalue weighted by Gasteiger charge is 2.22. The van der Waals surface area contributed by atoms with Crippen LogP contribution in [0.15, 0.2) is 6.20 Å². The molecule has 14 heavy (non-hydrogen) atoms. The standard InChI is InChI=1S/C10H17N3O/c1-7-3-2-4-10-12-5-9(13(7)10)8(11)6-14/h5,7-8,14H,2-4,6,11H2,1H3. The lowest BCUT2D eigenvalue weighted by Crippen LogP contribution is -2.23. The first kappa shape index (κ1) is 9.68. The van der Waals surface area contributed by atoms with Gasteiger partial charge in [0.2, 0.25) is 0 Å². The fraction of sp³-hybridized carbons (Fsp3) is 0.700. The van der Waals surface area contributed by atoms with Crippen LogP contribution in [0.25, 0.3) is 0 Å². The van der Waals surface area contributed by atoms with Gasteiger partial charge in [-0.1, -0.05) is 0 Å². The summed E-state index contributed by atoms with van der Waals surface area (Å²) in [7, 11) is 0. The van der Waals surface area contributed by atoms with Gasteiger partial charge in [0.05, 0.1) is 24.5 Å². The van der Waals surface area contributed by atoms with Crippen molar-refractivity contribution in [3.8, 4) is 0 Å². The Bertz CT molecular complexity index is 321. The molecule has 4 nitrogen and oxygen atoms in total.